The third-order valence-corrected chi connectivity index (χ3v) is 2.95. The predicted molar refractivity (Wildman–Crippen MR) is 70.7 cm³/mol. The van der Waals surface area contributed by atoms with Gasteiger partial charge in [0.05, 0.1) is 18.2 Å². The highest BCUT2D eigenvalue weighted by Gasteiger charge is 2.04. The molecule has 2 N–H and O–H groups in total. The van der Waals surface area contributed by atoms with Gasteiger partial charge in [-0.25, -0.2) is 4.98 Å². The lowest BCUT2D eigenvalue weighted by molar-refractivity contribution is 0.768. The molecule has 2 rings (SSSR count). The normalized spacial score (nSPS) is 10.7. The molecule has 0 fully saturated rings. The Hall–Kier alpha value is -1.61. The molecule has 0 bridgehead atoms. The van der Waals surface area contributed by atoms with E-state index in [0.29, 0.717) is 0 Å². The van der Waals surface area contributed by atoms with E-state index in [2.05, 4.69) is 40.7 Å². The van der Waals surface area contributed by atoms with Gasteiger partial charge in [0.2, 0.25) is 0 Å². The molecule has 0 unspecified atom stereocenters. The largest absolute Gasteiger partial charge is 0.331 e. The Balaban J connectivity index is 2.26. The first-order valence-corrected chi connectivity index (χ1v) is 6.14. The van der Waals surface area contributed by atoms with Gasteiger partial charge in [-0.2, -0.15) is 0 Å². The van der Waals surface area contributed by atoms with E-state index in [4.69, 9.17) is 5.73 Å². The van der Waals surface area contributed by atoms with Crippen LogP contribution in [0.3, 0.4) is 0 Å². The highest BCUT2D eigenvalue weighted by Crippen LogP contribution is 2.20. The lowest BCUT2D eigenvalue weighted by Gasteiger charge is -2.07. The zero-order valence-corrected chi connectivity index (χ0v) is 10.3. The standard InChI is InChI=1S/C14H19N3/c1-2-17-11-16-10-14(17)13-7-3-5-12(9-13)6-4-8-15/h3,5,7,9-11H,2,4,6,8,15H2,1H3. The molecule has 1 heterocycles. The average molecular weight is 229 g/mol. The van der Waals surface area contributed by atoms with Crippen LogP contribution in [-0.4, -0.2) is 16.1 Å². The van der Waals surface area contributed by atoms with Crippen LogP contribution in [0.15, 0.2) is 36.8 Å². The molecule has 0 radical (unpaired) electrons. The molecule has 0 aliphatic heterocycles. The van der Waals surface area contributed by atoms with Crippen molar-refractivity contribution in [3.8, 4) is 11.3 Å². The predicted octanol–water partition coefficient (Wildman–Crippen LogP) is 2.46. The van der Waals surface area contributed by atoms with Crippen molar-refractivity contribution in [3.63, 3.8) is 0 Å². The van der Waals surface area contributed by atoms with Crippen molar-refractivity contribution in [1.29, 1.82) is 0 Å². The van der Waals surface area contributed by atoms with Gasteiger partial charge in [0.15, 0.2) is 0 Å². The van der Waals surface area contributed by atoms with Crippen LogP contribution in [0.25, 0.3) is 11.3 Å². The summed E-state index contributed by atoms with van der Waals surface area (Å²) >= 11 is 0. The number of rotatable bonds is 5. The summed E-state index contributed by atoms with van der Waals surface area (Å²) < 4.78 is 2.15. The van der Waals surface area contributed by atoms with E-state index in [1.54, 1.807) is 0 Å². The van der Waals surface area contributed by atoms with Gasteiger partial charge in [0, 0.05) is 12.1 Å². The van der Waals surface area contributed by atoms with E-state index in [1.165, 1.54) is 16.8 Å². The molecule has 3 heteroatoms. The molecule has 0 saturated heterocycles. The third-order valence-electron chi connectivity index (χ3n) is 2.95. The summed E-state index contributed by atoms with van der Waals surface area (Å²) in [7, 11) is 0. The van der Waals surface area contributed by atoms with Crippen LogP contribution in [0, 0.1) is 0 Å². The SMILES string of the molecule is CCn1cncc1-c1cccc(CCCN)c1. The molecule has 1 aromatic heterocycles. The topological polar surface area (TPSA) is 43.8 Å². The quantitative estimate of drug-likeness (QED) is 0.856. The van der Waals surface area contributed by atoms with Crippen molar-refractivity contribution in [2.75, 3.05) is 6.54 Å². The van der Waals surface area contributed by atoms with Gasteiger partial charge in [-0.05, 0) is 37.9 Å². The van der Waals surface area contributed by atoms with Crippen LogP contribution in [0.2, 0.25) is 0 Å². The highest BCUT2D eigenvalue weighted by atomic mass is 15.0. The summed E-state index contributed by atoms with van der Waals surface area (Å²) in [6, 6.07) is 8.63. The fraction of sp³-hybridized carbons (Fsp3) is 0.357. The smallest absolute Gasteiger partial charge is 0.0950 e. The summed E-state index contributed by atoms with van der Waals surface area (Å²) in [6.45, 7) is 3.82. The Morgan fingerprint density at radius 1 is 1.35 bits per heavy atom. The Bertz CT molecular complexity index is 474. The molecule has 0 spiro atoms. The second-order valence-electron chi connectivity index (χ2n) is 4.16. The van der Waals surface area contributed by atoms with Crippen molar-refractivity contribution in [2.45, 2.75) is 26.3 Å². The second-order valence-corrected chi connectivity index (χ2v) is 4.16. The van der Waals surface area contributed by atoms with Crippen molar-refractivity contribution in [2.24, 2.45) is 5.73 Å². The van der Waals surface area contributed by atoms with Gasteiger partial charge in [-0.15, -0.1) is 0 Å². The van der Waals surface area contributed by atoms with E-state index >= 15 is 0 Å². The Labute approximate surface area is 102 Å². The fourth-order valence-corrected chi connectivity index (χ4v) is 2.01. The molecular formula is C14H19N3. The van der Waals surface area contributed by atoms with Crippen LogP contribution < -0.4 is 5.73 Å². The zero-order valence-electron chi connectivity index (χ0n) is 10.3. The average Bonchev–Trinajstić information content (AvgIpc) is 2.85. The van der Waals surface area contributed by atoms with E-state index in [9.17, 15) is 0 Å². The molecule has 0 amide bonds. The number of aryl methyl sites for hydroxylation is 2. The minimum atomic E-state index is 0.747. The third kappa shape index (κ3) is 2.74. The van der Waals surface area contributed by atoms with Gasteiger partial charge < -0.3 is 10.3 Å². The van der Waals surface area contributed by atoms with Crippen molar-refractivity contribution < 1.29 is 0 Å². The molecule has 17 heavy (non-hydrogen) atoms. The van der Waals surface area contributed by atoms with Gasteiger partial charge in [0.25, 0.3) is 0 Å². The van der Waals surface area contributed by atoms with Crippen LogP contribution in [0.5, 0.6) is 0 Å². The highest BCUT2D eigenvalue weighted by molar-refractivity contribution is 5.59. The van der Waals surface area contributed by atoms with Crippen molar-refractivity contribution in [1.82, 2.24) is 9.55 Å². The van der Waals surface area contributed by atoms with Gasteiger partial charge in [0.1, 0.15) is 0 Å². The maximum absolute atomic E-state index is 5.54. The first-order valence-electron chi connectivity index (χ1n) is 6.14. The zero-order chi connectivity index (χ0) is 12.1. The van der Waals surface area contributed by atoms with Crippen molar-refractivity contribution >= 4 is 0 Å². The molecule has 0 atom stereocenters. The Kier molecular flexibility index (Phi) is 3.94. The summed E-state index contributed by atoms with van der Waals surface area (Å²) in [5.74, 6) is 0. The number of nitrogens with two attached hydrogens (primary N) is 1. The molecule has 3 nitrogen and oxygen atoms in total. The molecular weight excluding hydrogens is 210 g/mol. The fourth-order valence-electron chi connectivity index (χ4n) is 2.01. The molecule has 1 aromatic carbocycles. The minimum absolute atomic E-state index is 0.747. The maximum Gasteiger partial charge on any atom is 0.0950 e. The summed E-state index contributed by atoms with van der Waals surface area (Å²) in [5, 5.41) is 0. The van der Waals surface area contributed by atoms with E-state index < -0.39 is 0 Å². The maximum atomic E-state index is 5.54. The van der Waals surface area contributed by atoms with E-state index in [1.807, 2.05) is 12.5 Å². The monoisotopic (exact) mass is 229 g/mol. The first-order chi connectivity index (χ1) is 8.35. The summed E-state index contributed by atoms with van der Waals surface area (Å²) in [6.07, 6.45) is 5.88. The Morgan fingerprint density at radius 3 is 3.00 bits per heavy atom. The second kappa shape index (κ2) is 5.64. The van der Waals surface area contributed by atoms with Crippen LogP contribution >= 0.6 is 0 Å². The molecule has 0 saturated carbocycles. The van der Waals surface area contributed by atoms with Crippen LogP contribution in [0.1, 0.15) is 18.9 Å². The minimum Gasteiger partial charge on any atom is -0.331 e. The molecule has 0 aliphatic rings. The molecule has 90 valence electrons. The van der Waals surface area contributed by atoms with Gasteiger partial charge in [-0.1, -0.05) is 18.2 Å². The van der Waals surface area contributed by atoms with Gasteiger partial charge >= 0.3 is 0 Å². The molecule has 2 aromatic rings. The van der Waals surface area contributed by atoms with E-state index in [-0.39, 0.29) is 0 Å². The van der Waals surface area contributed by atoms with Crippen molar-refractivity contribution in [3.05, 3.63) is 42.4 Å². The van der Waals surface area contributed by atoms with Crippen LogP contribution in [-0.2, 0) is 13.0 Å². The lowest BCUT2D eigenvalue weighted by Crippen LogP contribution is -2.00. The number of aromatic nitrogens is 2. The Morgan fingerprint density at radius 2 is 2.24 bits per heavy atom. The van der Waals surface area contributed by atoms with Gasteiger partial charge in [-0.3, -0.25) is 0 Å². The first kappa shape index (κ1) is 11.9. The number of nitrogens with zero attached hydrogens (tertiary/aromatic N) is 2. The van der Waals surface area contributed by atoms with E-state index in [0.717, 1.165) is 25.9 Å². The molecule has 0 aliphatic carbocycles. The lowest BCUT2D eigenvalue weighted by atomic mass is 10.0. The summed E-state index contributed by atoms with van der Waals surface area (Å²) in [4.78, 5) is 4.20. The number of imidazole rings is 1. The number of hydrogen-bond acceptors (Lipinski definition) is 2. The summed E-state index contributed by atoms with van der Waals surface area (Å²) in [5.41, 5.74) is 9.30. The number of hydrogen-bond donors (Lipinski definition) is 1. The van der Waals surface area contributed by atoms with Crippen LogP contribution in [0.4, 0.5) is 0 Å². The number of benzene rings is 1.